The van der Waals surface area contributed by atoms with Crippen LogP contribution in [0, 0.1) is 5.82 Å². The monoisotopic (exact) mass is 311 g/mol. The second-order valence-electron chi connectivity index (χ2n) is 4.11. The molecule has 2 aromatic rings. The highest BCUT2D eigenvalue weighted by Crippen LogP contribution is 2.32. The Kier molecular flexibility index (Phi) is 4.32. The highest BCUT2D eigenvalue weighted by molar-refractivity contribution is 7.92. The SMILES string of the molecule is COc1cc(F)c(S(=O)(=O)Nc2ccccc2)cc1OC. The summed E-state index contributed by atoms with van der Waals surface area (Å²) < 4.78 is 50.7. The van der Waals surface area contributed by atoms with E-state index in [9.17, 15) is 12.8 Å². The van der Waals surface area contributed by atoms with Gasteiger partial charge in [0.15, 0.2) is 11.5 Å². The molecule has 21 heavy (non-hydrogen) atoms. The lowest BCUT2D eigenvalue weighted by Crippen LogP contribution is -2.15. The first-order chi connectivity index (χ1) is 9.97. The number of anilines is 1. The third-order valence-corrected chi connectivity index (χ3v) is 4.15. The minimum atomic E-state index is -4.06. The largest absolute Gasteiger partial charge is 0.493 e. The predicted molar refractivity (Wildman–Crippen MR) is 76.8 cm³/mol. The van der Waals surface area contributed by atoms with Crippen LogP contribution >= 0.6 is 0 Å². The topological polar surface area (TPSA) is 64.6 Å². The van der Waals surface area contributed by atoms with Crippen LogP contribution in [0.2, 0.25) is 0 Å². The van der Waals surface area contributed by atoms with Gasteiger partial charge in [0.25, 0.3) is 10.0 Å². The zero-order valence-electron chi connectivity index (χ0n) is 11.5. The smallest absolute Gasteiger partial charge is 0.264 e. The predicted octanol–water partition coefficient (Wildman–Crippen LogP) is 2.64. The van der Waals surface area contributed by atoms with Gasteiger partial charge in [-0.3, -0.25) is 4.72 Å². The number of sulfonamides is 1. The summed E-state index contributed by atoms with van der Waals surface area (Å²) in [6.07, 6.45) is 0. The maximum absolute atomic E-state index is 14.0. The molecule has 5 nitrogen and oxygen atoms in total. The molecule has 7 heteroatoms. The Hall–Kier alpha value is -2.28. The highest BCUT2D eigenvalue weighted by atomic mass is 32.2. The van der Waals surface area contributed by atoms with E-state index in [0.29, 0.717) is 5.69 Å². The summed E-state index contributed by atoms with van der Waals surface area (Å²) in [5.74, 6) is -0.669. The molecular weight excluding hydrogens is 297 g/mol. The quantitative estimate of drug-likeness (QED) is 0.922. The van der Waals surface area contributed by atoms with E-state index in [2.05, 4.69) is 4.72 Å². The second kappa shape index (κ2) is 6.01. The van der Waals surface area contributed by atoms with E-state index >= 15 is 0 Å². The van der Waals surface area contributed by atoms with E-state index in [1.54, 1.807) is 30.3 Å². The number of hydrogen-bond acceptors (Lipinski definition) is 4. The van der Waals surface area contributed by atoms with E-state index < -0.39 is 20.7 Å². The van der Waals surface area contributed by atoms with Crippen molar-refractivity contribution in [1.29, 1.82) is 0 Å². The Morgan fingerprint density at radius 3 is 2.14 bits per heavy atom. The molecule has 2 rings (SSSR count). The van der Waals surface area contributed by atoms with Gasteiger partial charge in [-0.1, -0.05) is 18.2 Å². The lowest BCUT2D eigenvalue weighted by molar-refractivity contribution is 0.350. The molecule has 0 unspecified atom stereocenters. The molecule has 112 valence electrons. The molecule has 0 aliphatic carbocycles. The van der Waals surface area contributed by atoms with E-state index in [1.807, 2.05) is 0 Å². The molecule has 0 saturated carbocycles. The highest BCUT2D eigenvalue weighted by Gasteiger charge is 2.22. The molecule has 1 N–H and O–H groups in total. The molecule has 0 aliphatic heterocycles. The van der Waals surface area contributed by atoms with Crippen molar-refractivity contribution in [2.75, 3.05) is 18.9 Å². The molecule has 0 heterocycles. The summed E-state index contributed by atoms with van der Waals surface area (Å²) in [6.45, 7) is 0. The number of nitrogens with one attached hydrogen (secondary N) is 1. The molecule has 0 atom stereocenters. The molecular formula is C14H14FNO4S. The summed E-state index contributed by atoms with van der Waals surface area (Å²) in [7, 11) is -1.38. The van der Waals surface area contributed by atoms with Crippen LogP contribution in [0.25, 0.3) is 0 Å². The van der Waals surface area contributed by atoms with E-state index in [1.165, 1.54) is 14.2 Å². The van der Waals surface area contributed by atoms with Crippen molar-refractivity contribution in [3.05, 3.63) is 48.3 Å². The van der Waals surface area contributed by atoms with Gasteiger partial charge in [0.05, 0.1) is 14.2 Å². The Morgan fingerprint density at radius 1 is 1.00 bits per heavy atom. The van der Waals surface area contributed by atoms with Crippen molar-refractivity contribution < 1.29 is 22.3 Å². The minimum Gasteiger partial charge on any atom is -0.493 e. The third kappa shape index (κ3) is 3.25. The molecule has 0 bridgehead atoms. The number of rotatable bonds is 5. The summed E-state index contributed by atoms with van der Waals surface area (Å²) >= 11 is 0. The van der Waals surface area contributed by atoms with Crippen molar-refractivity contribution >= 4 is 15.7 Å². The second-order valence-corrected chi connectivity index (χ2v) is 5.76. The van der Waals surface area contributed by atoms with Gasteiger partial charge in [-0.05, 0) is 12.1 Å². The number of benzene rings is 2. The molecule has 0 radical (unpaired) electrons. The zero-order valence-corrected chi connectivity index (χ0v) is 12.3. The average molecular weight is 311 g/mol. The summed E-state index contributed by atoms with van der Waals surface area (Å²) in [4.78, 5) is -0.510. The fourth-order valence-electron chi connectivity index (χ4n) is 1.76. The molecule has 0 saturated heterocycles. The average Bonchev–Trinajstić information content (AvgIpc) is 2.47. The molecule has 0 aliphatic rings. The molecule has 2 aromatic carbocycles. The standard InChI is InChI=1S/C14H14FNO4S/c1-19-12-8-11(15)14(9-13(12)20-2)21(17,18)16-10-6-4-3-5-7-10/h3-9,16H,1-2H3. The number of para-hydroxylation sites is 1. The van der Waals surface area contributed by atoms with Crippen LogP contribution < -0.4 is 14.2 Å². The van der Waals surface area contributed by atoms with Crippen molar-refractivity contribution in [3.8, 4) is 11.5 Å². The first-order valence-corrected chi connectivity index (χ1v) is 7.45. The lowest BCUT2D eigenvalue weighted by Gasteiger charge is -2.12. The van der Waals surface area contributed by atoms with Crippen LogP contribution in [0.4, 0.5) is 10.1 Å². The van der Waals surface area contributed by atoms with E-state index in [4.69, 9.17) is 9.47 Å². The van der Waals surface area contributed by atoms with Crippen LogP contribution in [-0.4, -0.2) is 22.6 Å². The fourth-order valence-corrected chi connectivity index (χ4v) is 2.89. The van der Waals surface area contributed by atoms with Gasteiger partial charge in [-0.2, -0.15) is 0 Å². The number of halogens is 1. The number of hydrogen-bond donors (Lipinski definition) is 1. The van der Waals surface area contributed by atoms with Gasteiger partial charge in [0.2, 0.25) is 0 Å². The fraction of sp³-hybridized carbons (Fsp3) is 0.143. The van der Waals surface area contributed by atoms with Crippen molar-refractivity contribution in [1.82, 2.24) is 0 Å². The van der Waals surface area contributed by atoms with Crippen molar-refractivity contribution in [2.45, 2.75) is 4.90 Å². The number of ether oxygens (including phenoxy) is 2. The molecule has 0 fully saturated rings. The van der Waals surface area contributed by atoms with Crippen LogP contribution in [0.3, 0.4) is 0 Å². The van der Waals surface area contributed by atoms with Crippen LogP contribution in [0.5, 0.6) is 11.5 Å². The maximum atomic E-state index is 14.0. The van der Waals surface area contributed by atoms with Gasteiger partial charge < -0.3 is 9.47 Å². The Labute approximate surface area is 122 Å². The normalized spacial score (nSPS) is 11.0. The van der Waals surface area contributed by atoms with Gasteiger partial charge in [0, 0.05) is 17.8 Å². The Balaban J connectivity index is 2.45. The Morgan fingerprint density at radius 2 is 1.57 bits per heavy atom. The molecule has 0 spiro atoms. The van der Waals surface area contributed by atoms with Gasteiger partial charge in [-0.25, -0.2) is 12.8 Å². The summed E-state index contributed by atoms with van der Waals surface area (Å²) in [5, 5.41) is 0. The first kappa shape index (κ1) is 15.1. The van der Waals surface area contributed by atoms with Crippen LogP contribution in [-0.2, 0) is 10.0 Å². The lowest BCUT2D eigenvalue weighted by atomic mass is 10.3. The maximum Gasteiger partial charge on any atom is 0.264 e. The van der Waals surface area contributed by atoms with E-state index in [0.717, 1.165) is 12.1 Å². The Bertz CT molecular complexity index is 732. The van der Waals surface area contributed by atoms with E-state index in [-0.39, 0.29) is 11.5 Å². The molecule has 0 aromatic heterocycles. The van der Waals surface area contributed by atoms with Gasteiger partial charge in [0.1, 0.15) is 10.7 Å². The number of methoxy groups -OCH3 is 2. The van der Waals surface area contributed by atoms with Crippen LogP contribution in [0.15, 0.2) is 47.4 Å². The van der Waals surface area contributed by atoms with Crippen molar-refractivity contribution in [3.63, 3.8) is 0 Å². The molecule has 0 amide bonds. The third-order valence-electron chi connectivity index (χ3n) is 2.75. The van der Waals surface area contributed by atoms with Gasteiger partial charge >= 0.3 is 0 Å². The summed E-state index contributed by atoms with van der Waals surface area (Å²) in [6, 6.07) is 10.3. The van der Waals surface area contributed by atoms with Crippen molar-refractivity contribution in [2.24, 2.45) is 0 Å². The minimum absolute atomic E-state index is 0.119. The van der Waals surface area contributed by atoms with Gasteiger partial charge in [-0.15, -0.1) is 0 Å². The zero-order chi connectivity index (χ0) is 15.5. The van der Waals surface area contributed by atoms with Crippen LogP contribution in [0.1, 0.15) is 0 Å². The summed E-state index contributed by atoms with van der Waals surface area (Å²) in [5.41, 5.74) is 0.340. The first-order valence-electron chi connectivity index (χ1n) is 5.97.